The Morgan fingerprint density at radius 3 is 2.74 bits per heavy atom. The molecule has 3 nitrogen and oxygen atoms in total. The van der Waals surface area contributed by atoms with Crippen LogP contribution in [0.15, 0.2) is 48.5 Å². The molecule has 0 heterocycles. The van der Waals surface area contributed by atoms with Crippen LogP contribution in [0.3, 0.4) is 0 Å². The van der Waals surface area contributed by atoms with Crippen LogP contribution in [0.1, 0.15) is 18.1 Å². The maximum atomic E-state index is 9.43. The molecule has 0 spiro atoms. The third-order valence-electron chi connectivity index (χ3n) is 2.87. The molecule has 0 bridgehead atoms. The van der Waals surface area contributed by atoms with Gasteiger partial charge in [-0.1, -0.05) is 30.3 Å². The van der Waals surface area contributed by atoms with Gasteiger partial charge in [-0.3, -0.25) is 0 Å². The monoisotopic (exact) mass is 257 g/mol. The normalized spacial score (nSPS) is 10.4. The Balaban J connectivity index is 2.02. The molecule has 2 aromatic rings. The zero-order valence-corrected chi connectivity index (χ0v) is 11.1. The standard InChI is InChI=1S/C16H19NO2/c1-2-19-12-14-7-3-4-9-16(14)17-11-13-6-5-8-15(18)10-13/h3-10,17-18H,2,11-12H2,1H3. The number of anilines is 1. The first kappa shape index (κ1) is 13.4. The minimum atomic E-state index is 0.293. The van der Waals surface area contributed by atoms with E-state index in [1.165, 1.54) is 0 Å². The van der Waals surface area contributed by atoms with Crippen LogP contribution in [0.2, 0.25) is 0 Å². The maximum absolute atomic E-state index is 9.43. The van der Waals surface area contributed by atoms with Gasteiger partial charge in [0.15, 0.2) is 0 Å². The summed E-state index contributed by atoms with van der Waals surface area (Å²) in [5.41, 5.74) is 3.26. The van der Waals surface area contributed by atoms with Gasteiger partial charge in [-0.05, 0) is 30.7 Å². The topological polar surface area (TPSA) is 41.5 Å². The molecule has 0 aliphatic carbocycles. The molecule has 19 heavy (non-hydrogen) atoms. The van der Waals surface area contributed by atoms with Crippen LogP contribution >= 0.6 is 0 Å². The Morgan fingerprint density at radius 1 is 1.11 bits per heavy atom. The van der Waals surface area contributed by atoms with E-state index in [2.05, 4.69) is 11.4 Å². The van der Waals surface area contributed by atoms with Crippen molar-refractivity contribution in [3.63, 3.8) is 0 Å². The largest absolute Gasteiger partial charge is 0.508 e. The van der Waals surface area contributed by atoms with Crippen molar-refractivity contribution in [2.45, 2.75) is 20.1 Å². The first-order valence-corrected chi connectivity index (χ1v) is 6.47. The van der Waals surface area contributed by atoms with E-state index in [-0.39, 0.29) is 0 Å². The summed E-state index contributed by atoms with van der Waals surface area (Å²) in [6, 6.07) is 15.4. The highest BCUT2D eigenvalue weighted by molar-refractivity contribution is 5.51. The fourth-order valence-electron chi connectivity index (χ4n) is 1.89. The predicted molar refractivity (Wildman–Crippen MR) is 77.2 cm³/mol. The number of para-hydroxylation sites is 1. The molecule has 0 aliphatic heterocycles. The Morgan fingerprint density at radius 2 is 1.95 bits per heavy atom. The molecule has 0 amide bonds. The molecule has 3 heteroatoms. The molecular formula is C16H19NO2. The van der Waals surface area contributed by atoms with Crippen molar-refractivity contribution < 1.29 is 9.84 Å². The molecule has 0 unspecified atom stereocenters. The summed E-state index contributed by atoms with van der Waals surface area (Å²) < 4.78 is 5.45. The maximum Gasteiger partial charge on any atom is 0.115 e. The van der Waals surface area contributed by atoms with Crippen LogP contribution < -0.4 is 5.32 Å². The van der Waals surface area contributed by atoms with Gasteiger partial charge in [0.2, 0.25) is 0 Å². The molecular weight excluding hydrogens is 238 g/mol. The number of hydrogen-bond acceptors (Lipinski definition) is 3. The van der Waals surface area contributed by atoms with E-state index in [4.69, 9.17) is 4.74 Å². The van der Waals surface area contributed by atoms with Gasteiger partial charge in [0, 0.05) is 24.4 Å². The quantitative estimate of drug-likeness (QED) is 0.831. The molecule has 0 saturated carbocycles. The van der Waals surface area contributed by atoms with Crippen LogP contribution in [0.25, 0.3) is 0 Å². The number of rotatable bonds is 6. The van der Waals surface area contributed by atoms with Crippen molar-refractivity contribution in [2.75, 3.05) is 11.9 Å². The van der Waals surface area contributed by atoms with Gasteiger partial charge < -0.3 is 15.2 Å². The number of ether oxygens (including phenoxy) is 1. The van der Waals surface area contributed by atoms with E-state index >= 15 is 0 Å². The minimum Gasteiger partial charge on any atom is -0.508 e. The molecule has 0 saturated heterocycles. The van der Waals surface area contributed by atoms with E-state index in [1.54, 1.807) is 12.1 Å². The Hall–Kier alpha value is -2.00. The van der Waals surface area contributed by atoms with Gasteiger partial charge in [-0.25, -0.2) is 0 Å². The highest BCUT2D eigenvalue weighted by atomic mass is 16.5. The molecule has 2 rings (SSSR count). The summed E-state index contributed by atoms with van der Waals surface area (Å²) in [5.74, 6) is 0.293. The van der Waals surface area contributed by atoms with Gasteiger partial charge in [-0.2, -0.15) is 0 Å². The second-order valence-electron chi connectivity index (χ2n) is 4.32. The first-order valence-electron chi connectivity index (χ1n) is 6.47. The van der Waals surface area contributed by atoms with Gasteiger partial charge >= 0.3 is 0 Å². The Bertz CT molecular complexity index is 526. The van der Waals surface area contributed by atoms with Crippen molar-refractivity contribution in [1.82, 2.24) is 0 Å². The van der Waals surface area contributed by atoms with E-state index in [1.807, 2.05) is 37.3 Å². The van der Waals surface area contributed by atoms with Crippen molar-refractivity contribution in [3.8, 4) is 5.75 Å². The fourth-order valence-corrected chi connectivity index (χ4v) is 1.89. The number of nitrogens with one attached hydrogen (secondary N) is 1. The van der Waals surface area contributed by atoms with Crippen molar-refractivity contribution in [3.05, 3.63) is 59.7 Å². The molecule has 2 N–H and O–H groups in total. The average molecular weight is 257 g/mol. The average Bonchev–Trinajstić information content (AvgIpc) is 2.44. The molecule has 0 aliphatic rings. The molecule has 100 valence electrons. The lowest BCUT2D eigenvalue weighted by molar-refractivity contribution is 0.134. The number of hydrogen-bond donors (Lipinski definition) is 2. The van der Waals surface area contributed by atoms with Gasteiger partial charge in [0.05, 0.1) is 6.61 Å². The zero-order valence-electron chi connectivity index (χ0n) is 11.1. The highest BCUT2D eigenvalue weighted by Gasteiger charge is 2.01. The Kier molecular flexibility index (Phi) is 4.81. The summed E-state index contributed by atoms with van der Waals surface area (Å²) in [5, 5.41) is 12.8. The van der Waals surface area contributed by atoms with Crippen LogP contribution in [-0.2, 0) is 17.9 Å². The summed E-state index contributed by atoms with van der Waals surface area (Å²) in [4.78, 5) is 0. The van der Waals surface area contributed by atoms with Crippen LogP contribution in [0.5, 0.6) is 5.75 Å². The van der Waals surface area contributed by atoms with E-state index in [9.17, 15) is 5.11 Å². The third-order valence-corrected chi connectivity index (χ3v) is 2.87. The van der Waals surface area contributed by atoms with Crippen molar-refractivity contribution in [1.29, 1.82) is 0 Å². The zero-order chi connectivity index (χ0) is 13.5. The van der Waals surface area contributed by atoms with Crippen LogP contribution in [0, 0.1) is 0 Å². The van der Waals surface area contributed by atoms with E-state index in [0.717, 1.165) is 16.8 Å². The van der Waals surface area contributed by atoms with Crippen LogP contribution in [0.4, 0.5) is 5.69 Å². The molecule has 2 aromatic carbocycles. The summed E-state index contributed by atoms with van der Waals surface area (Å²) >= 11 is 0. The summed E-state index contributed by atoms with van der Waals surface area (Å²) in [6.45, 7) is 3.99. The van der Waals surface area contributed by atoms with Gasteiger partial charge in [0.25, 0.3) is 0 Å². The molecule has 0 atom stereocenters. The number of aromatic hydroxyl groups is 1. The lowest BCUT2D eigenvalue weighted by atomic mass is 10.1. The van der Waals surface area contributed by atoms with Gasteiger partial charge in [0.1, 0.15) is 5.75 Å². The minimum absolute atomic E-state index is 0.293. The highest BCUT2D eigenvalue weighted by Crippen LogP contribution is 2.18. The lowest BCUT2D eigenvalue weighted by Gasteiger charge is -2.12. The first-order chi connectivity index (χ1) is 9.29. The van der Waals surface area contributed by atoms with Crippen molar-refractivity contribution >= 4 is 5.69 Å². The molecule has 0 radical (unpaired) electrons. The number of phenolic OH excluding ortho intramolecular Hbond substituents is 1. The molecule has 0 aromatic heterocycles. The second kappa shape index (κ2) is 6.81. The summed E-state index contributed by atoms with van der Waals surface area (Å²) in [7, 11) is 0. The van der Waals surface area contributed by atoms with E-state index in [0.29, 0.717) is 25.5 Å². The second-order valence-corrected chi connectivity index (χ2v) is 4.32. The predicted octanol–water partition coefficient (Wildman–Crippen LogP) is 3.54. The smallest absolute Gasteiger partial charge is 0.115 e. The Labute approximate surface area is 113 Å². The number of benzene rings is 2. The SMILES string of the molecule is CCOCc1ccccc1NCc1cccc(O)c1. The van der Waals surface area contributed by atoms with Crippen LogP contribution in [-0.4, -0.2) is 11.7 Å². The fraction of sp³-hybridized carbons (Fsp3) is 0.250. The van der Waals surface area contributed by atoms with Gasteiger partial charge in [-0.15, -0.1) is 0 Å². The molecule has 0 fully saturated rings. The third kappa shape index (κ3) is 4.00. The van der Waals surface area contributed by atoms with E-state index < -0.39 is 0 Å². The van der Waals surface area contributed by atoms with Crippen molar-refractivity contribution in [2.24, 2.45) is 0 Å². The number of phenols is 1. The summed E-state index contributed by atoms with van der Waals surface area (Å²) in [6.07, 6.45) is 0. The lowest BCUT2D eigenvalue weighted by Crippen LogP contribution is -2.03.